The van der Waals surface area contributed by atoms with E-state index >= 15 is 0 Å². The van der Waals surface area contributed by atoms with Gasteiger partial charge in [-0.25, -0.2) is 0 Å². The fourth-order valence-corrected chi connectivity index (χ4v) is 1.94. The number of ether oxygens (including phenoxy) is 1. The first-order valence-electron chi connectivity index (χ1n) is 4.91. The highest BCUT2D eigenvalue weighted by Gasteiger charge is 2.09. The Hall–Kier alpha value is -1.48. The molecule has 0 radical (unpaired) electrons. The Morgan fingerprint density at radius 2 is 2.00 bits per heavy atom. The van der Waals surface area contributed by atoms with Gasteiger partial charge in [0.05, 0.1) is 12.6 Å². The van der Waals surface area contributed by atoms with Crippen molar-refractivity contribution in [1.82, 2.24) is 4.98 Å². The summed E-state index contributed by atoms with van der Waals surface area (Å²) in [5.41, 5.74) is 2.31. The highest BCUT2D eigenvalue weighted by molar-refractivity contribution is 6.32. The number of aryl methyl sites for hydroxylation is 2. The molecule has 0 amide bonds. The number of fused-ring (bicyclic) bond motifs is 1. The molecular formula is C12H12ClNO2. The largest absolute Gasteiger partial charge is 0.497 e. The summed E-state index contributed by atoms with van der Waals surface area (Å²) in [5, 5.41) is 1.15. The van der Waals surface area contributed by atoms with Crippen molar-refractivity contribution in [1.29, 1.82) is 0 Å². The predicted octanol–water partition coefficient (Wildman–Crippen LogP) is 2.81. The van der Waals surface area contributed by atoms with Gasteiger partial charge in [-0.1, -0.05) is 11.6 Å². The molecule has 2 rings (SSSR count). The highest BCUT2D eigenvalue weighted by Crippen LogP contribution is 2.27. The number of methoxy groups -OCH3 is 1. The summed E-state index contributed by atoms with van der Waals surface area (Å²) in [4.78, 5) is 14.3. The van der Waals surface area contributed by atoms with Crippen molar-refractivity contribution in [2.45, 2.75) is 13.8 Å². The quantitative estimate of drug-likeness (QED) is 0.829. The van der Waals surface area contributed by atoms with Crippen molar-refractivity contribution >= 4 is 22.5 Å². The van der Waals surface area contributed by atoms with Gasteiger partial charge in [-0.15, -0.1) is 0 Å². The Bertz CT molecular complexity index is 616. The predicted molar refractivity (Wildman–Crippen MR) is 65.6 cm³/mol. The minimum atomic E-state index is -0.250. The molecule has 1 aromatic carbocycles. The number of benzene rings is 1. The SMILES string of the molecule is COc1cc(C)c2[nH]c(=O)c(Cl)c(C)c2c1. The van der Waals surface area contributed by atoms with Gasteiger partial charge >= 0.3 is 0 Å². The lowest BCUT2D eigenvalue weighted by atomic mass is 10.1. The van der Waals surface area contributed by atoms with Gasteiger partial charge in [-0.2, -0.15) is 0 Å². The molecule has 4 heteroatoms. The maximum Gasteiger partial charge on any atom is 0.267 e. The van der Waals surface area contributed by atoms with Gasteiger partial charge < -0.3 is 9.72 Å². The molecule has 0 saturated carbocycles. The van der Waals surface area contributed by atoms with E-state index in [0.717, 1.165) is 27.8 Å². The molecule has 0 aliphatic carbocycles. The fourth-order valence-electron chi connectivity index (χ4n) is 1.79. The number of pyridine rings is 1. The van der Waals surface area contributed by atoms with Crippen LogP contribution in [-0.2, 0) is 0 Å². The van der Waals surface area contributed by atoms with Crippen LogP contribution >= 0.6 is 11.6 Å². The van der Waals surface area contributed by atoms with E-state index in [1.54, 1.807) is 7.11 Å². The van der Waals surface area contributed by atoms with E-state index in [1.165, 1.54) is 0 Å². The minimum absolute atomic E-state index is 0.236. The average molecular weight is 238 g/mol. The third kappa shape index (κ3) is 1.57. The first kappa shape index (κ1) is 11.0. The molecule has 1 N–H and O–H groups in total. The van der Waals surface area contributed by atoms with Gasteiger partial charge in [-0.3, -0.25) is 4.79 Å². The number of hydrogen-bond donors (Lipinski definition) is 1. The van der Waals surface area contributed by atoms with Crippen molar-refractivity contribution in [2.75, 3.05) is 7.11 Å². The molecule has 0 aliphatic heterocycles. The maximum atomic E-state index is 11.5. The third-order valence-electron chi connectivity index (χ3n) is 2.72. The van der Waals surface area contributed by atoms with Crippen molar-refractivity contribution in [3.8, 4) is 5.75 Å². The molecule has 0 unspecified atom stereocenters. The molecule has 0 saturated heterocycles. The van der Waals surface area contributed by atoms with E-state index in [1.807, 2.05) is 26.0 Å². The van der Waals surface area contributed by atoms with E-state index in [4.69, 9.17) is 16.3 Å². The summed E-state index contributed by atoms with van der Waals surface area (Å²) >= 11 is 5.92. The van der Waals surface area contributed by atoms with Crippen LogP contribution in [0, 0.1) is 13.8 Å². The van der Waals surface area contributed by atoms with E-state index in [-0.39, 0.29) is 10.6 Å². The number of H-pyrrole nitrogens is 1. The van der Waals surface area contributed by atoms with E-state index in [2.05, 4.69) is 4.98 Å². The summed E-state index contributed by atoms with van der Waals surface area (Å²) in [5.74, 6) is 0.760. The first-order valence-corrected chi connectivity index (χ1v) is 5.29. The van der Waals surface area contributed by atoms with Crippen molar-refractivity contribution in [2.24, 2.45) is 0 Å². The van der Waals surface area contributed by atoms with Gasteiger partial charge in [0.25, 0.3) is 5.56 Å². The number of hydrogen-bond acceptors (Lipinski definition) is 2. The zero-order valence-corrected chi connectivity index (χ0v) is 10.1. The Morgan fingerprint density at radius 1 is 1.31 bits per heavy atom. The summed E-state index contributed by atoms with van der Waals surface area (Å²) in [7, 11) is 1.61. The lowest BCUT2D eigenvalue weighted by molar-refractivity contribution is 0.415. The smallest absolute Gasteiger partial charge is 0.267 e. The molecule has 84 valence electrons. The number of nitrogens with one attached hydrogen (secondary N) is 1. The van der Waals surface area contributed by atoms with Crippen LogP contribution in [0.4, 0.5) is 0 Å². The molecule has 3 nitrogen and oxygen atoms in total. The first-order chi connectivity index (χ1) is 7.54. The van der Waals surface area contributed by atoms with E-state index in [0.29, 0.717) is 0 Å². The third-order valence-corrected chi connectivity index (χ3v) is 3.17. The molecule has 0 spiro atoms. The van der Waals surface area contributed by atoms with Crippen LogP contribution in [0.1, 0.15) is 11.1 Å². The fraction of sp³-hybridized carbons (Fsp3) is 0.250. The van der Waals surface area contributed by atoms with Gasteiger partial charge in [0.2, 0.25) is 0 Å². The van der Waals surface area contributed by atoms with Crippen LogP contribution in [0.5, 0.6) is 5.75 Å². The molecule has 16 heavy (non-hydrogen) atoms. The van der Waals surface area contributed by atoms with Gasteiger partial charge in [0.15, 0.2) is 0 Å². The molecule has 1 heterocycles. The van der Waals surface area contributed by atoms with Crippen LogP contribution in [0.3, 0.4) is 0 Å². The summed E-state index contributed by atoms with van der Waals surface area (Å²) < 4.78 is 5.19. The second-order valence-electron chi connectivity index (χ2n) is 3.76. The Labute approximate surface area is 98.0 Å². The Balaban J connectivity index is 2.96. The summed E-state index contributed by atoms with van der Waals surface area (Å²) in [6.07, 6.45) is 0. The normalized spacial score (nSPS) is 10.8. The summed E-state index contributed by atoms with van der Waals surface area (Å²) in [6, 6.07) is 3.76. The van der Waals surface area contributed by atoms with Crippen LogP contribution < -0.4 is 10.3 Å². The lowest BCUT2D eigenvalue weighted by Gasteiger charge is -2.09. The van der Waals surface area contributed by atoms with Crippen molar-refractivity contribution in [3.63, 3.8) is 0 Å². The minimum Gasteiger partial charge on any atom is -0.497 e. The lowest BCUT2D eigenvalue weighted by Crippen LogP contribution is -2.09. The van der Waals surface area contributed by atoms with Crippen molar-refractivity contribution < 1.29 is 4.74 Å². The zero-order valence-electron chi connectivity index (χ0n) is 9.35. The van der Waals surface area contributed by atoms with Crippen LogP contribution in [-0.4, -0.2) is 12.1 Å². The molecular weight excluding hydrogens is 226 g/mol. The van der Waals surface area contributed by atoms with Gasteiger partial charge in [0.1, 0.15) is 10.8 Å². The van der Waals surface area contributed by atoms with Crippen LogP contribution in [0.25, 0.3) is 10.9 Å². The highest BCUT2D eigenvalue weighted by atomic mass is 35.5. The van der Waals surface area contributed by atoms with E-state index in [9.17, 15) is 4.79 Å². The monoisotopic (exact) mass is 237 g/mol. The molecule has 0 atom stereocenters. The topological polar surface area (TPSA) is 42.1 Å². The molecule has 2 aromatic rings. The molecule has 0 bridgehead atoms. The Kier molecular flexibility index (Phi) is 2.64. The van der Waals surface area contributed by atoms with Gasteiger partial charge in [-0.05, 0) is 37.1 Å². The Morgan fingerprint density at radius 3 is 2.62 bits per heavy atom. The van der Waals surface area contributed by atoms with E-state index < -0.39 is 0 Å². The molecule has 0 aliphatic rings. The molecule has 0 fully saturated rings. The van der Waals surface area contributed by atoms with Crippen molar-refractivity contribution in [3.05, 3.63) is 38.6 Å². The number of rotatable bonds is 1. The second-order valence-corrected chi connectivity index (χ2v) is 4.14. The second kappa shape index (κ2) is 3.83. The standard InChI is InChI=1S/C12H12ClNO2/c1-6-4-8(16-3)5-9-7(2)10(13)12(15)14-11(6)9/h4-5H,1-3H3,(H,14,15). The number of aromatic amines is 1. The number of aromatic nitrogens is 1. The summed E-state index contributed by atoms with van der Waals surface area (Å²) in [6.45, 7) is 3.76. The zero-order chi connectivity index (χ0) is 11.9. The maximum absolute atomic E-state index is 11.5. The van der Waals surface area contributed by atoms with Gasteiger partial charge in [0, 0.05) is 5.39 Å². The molecule has 1 aromatic heterocycles. The number of halogens is 1. The van der Waals surface area contributed by atoms with Crippen LogP contribution in [0.2, 0.25) is 5.02 Å². The van der Waals surface area contributed by atoms with Crippen LogP contribution in [0.15, 0.2) is 16.9 Å². The average Bonchev–Trinajstić information content (AvgIpc) is 2.27.